The predicted octanol–water partition coefficient (Wildman–Crippen LogP) is 1.85. The zero-order chi connectivity index (χ0) is 16.2. The van der Waals surface area contributed by atoms with Crippen molar-refractivity contribution < 1.29 is 8.42 Å². The number of nitrogens with one attached hydrogen (secondary N) is 3. The van der Waals surface area contributed by atoms with Gasteiger partial charge in [0.1, 0.15) is 5.84 Å². The minimum absolute atomic E-state index is 0.180. The largest absolute Gasteiger partial charge is 0.360 e. The molecular weight excluding hydrogens is 320 g/mol. The van der Waals surface area contributed by atoms with E-state index < -0.39 is 10.0 Å². The molecule has 1 aromatic rings. The summed E-state index contributed by atoms with van der Waals surface area (Å²) in [5, 5.41) is 6.48. The number of hydrogen-bond donors (Lipinski definition) is 3. The molecule has 1 aliphatic heterocycles. The number of amidine groups is 1. The van der Waals surface area contributed by atoms with Gasteiger partial charge in [0.25, 0.3) is 10.0 Å². The van der Waals surface area contributed by atoms with Gasteiger partial charge in [0.05, 0.1) is 4.90 Å². The molecule has 120 valence electrons. The lowest BCUT2D eigenvalue weighted by Crippen LogP contribution is -2.34. The molecule has 22 heavy (non-hydrogen) atoms. The molecular formula is C14H20N4O2S2. The average molecular weight is 340 g/mol. The van der Waals surface area contributed by atoms with Crippen molar-refractivity contribution in [2.45, 2.75) is 37.6 Å². The van der Waals surface area contributed by atoms with Gasteiger partial charge >= 0.3 is 0 Å². The maximum atomic E-state index is 12.3. The molecule has 1 aromatic carbocycles. The van der Waals surface area contributed by atoms with Crippen LogP contribution in [0.25, 0.3) is 0 Å². The fourth-order valence-corrected chi connectivity index (χ4v) is 3.50. The summed E-state index contributed by atoms with van der Waals surface area (Å²) >= 11 is 5.16. The first-order valence-corrected chi connectivity index (χ1v) is 9.00. The Hall–Kier alpha value is -1.67. The fourth-order valence-electron chi connectivity index (χ4n) is 2.01. The van der Waals surface area contributed by atoms with E-state index in [4.69, 9.17) is 12.2 Å². The zero-order valence-electron chi connectivity index (χ0n) is 12.6. The molecule has 0 amide bonds. The minimum atomic E-state index is -3.61. The lowest BCUT2D eigenvalue weighted by molar-refractivity contribution is 0.592. The van der Waals surface area contributed by atoms with E-state index in [9.17, 15) is 8.42 Å². The second kappa shape index (κ2) is 7.06. The molecule has 1 aliphatic rings. The summed E-state index contributed by atoms with van der Waals surface area (Å²) in [4.78, 5) is 4.31. The summed E-state index contributed by atoms with van der Waals surface area (Å²) in [5.74, 6) is 0.523. The number of hydrogen-bond acceptors (Lipinski definition) is 4. The molecule has 0 spiro atoms. The summed E-state index contributed by atoms with van der Waals surface area (Å²) in [5.41, 5.74) is 0.620. The van der Waals surface area contributed by atoms with Crippen molar-refractivity contribution in [1.82, 2.24) is 10.0 Å². The van der Waals surface area contributed by atoms with Gasteiger partial charge in [0, 0.05) is 24.7 Å². The van der Waals surface area contributed by atoms with Gasteiger partial charge in [-0.15, -0.1) is 0 Å². The van der Waals surface area contributed by atoms with Crippen molar-refractivity contribution in [2.75, 3.05) is 11.9 Å². The van der Waals surface area contributed by atoms with Crippen molar-refractivity contribution in [3.8, 4) is 0 Å². The van der Waals surface area contributed by atoms with E-state index in [0.29, 0.717) is 29.6 Å². The first-order chi connectivity index (χ1) is 10.4. The second-order valence-corrected chi connectivity index (χ2v) is 7.41. The van der Waals surface area contributed by atoms with Crippen LogP contribution >= 0.6 is 12.2 Å². The highest BCUT2D eigenvalue weighted by atomic mass is 32.2. The van der Waals surface area contributed by atoms with E-state index in [-0.39, 0.29) is 10.9 Å². The molecule has 0 bridgehead atoms. The van der Waals surface area contributed by atoms with Crippen molar-refractivity contribution in [1.29, 1.82) is 0 Å². The van der Waals surface area contributed by atoms with E-state index in [1.54, 1.807) is 24.3 Å². The first-order valence-electron chi connectivity index (χ1n) is 7.10. The van der Waals surface area contributed by atoms with Crippen LogP contribution in [-0.2, 0) is 10.0 Å². The zero-order valence-corrected chi connectivity index (χ0v) is 14.2. The van der Waals surface area contributed by atoms with Crippen LogP contribution in [0.15, 0.2) is 34.2 Å². The van der Waals surface area contributed by atoms with Crippen LogP contribution in [0.4, 0.5) is 5.69 Å². The summed E-state index contributed by atoms with van der Waals surface area (Å²) in [6, 6.07) is 6.73. The molecule has 0 saturated heterocycles. The third kappa shape index (κ3) is 4.67. The summed E-state index contributed by atoms with van der Waals surface area (Å²) in [7, 11) is -3.61. The van der Waals surface area contributed by atoms with E-state index in [2.05, 4.69) is 20.3 Å². The SMILES string of the molecule is CC(C)NC(=S)Nc1cccc(S(=O)(=O)NC2=NCCC2)c1. The molecule has 0 aliphatic carbocycles. The van der Waals surface area contributed by atoms with Crippen LogP contribution in [-0.4, -0.2) is 32.0 Å². The topological polar surface area (TPSA) is 82.6 Å². The Labute approximate surface area is 136 Å². The molecule has 0 atom stereocenters. The Bertz CT molecular complexity index is 684. The maximum absolute atomic E-state index is 12.3. The van der Waals surface area contributed by atoms with Gasteiger partial charge in [-0.1, -0.05) is 6.07 Å². The van der Waals surface area contributed by atoms with E-state index in [1.165, 1.54) is 0 Å². The first kappa shape index (κ1) is 16.7. The summed E-state index contributed by atoms with van der Waals surface area (Å²) in [6.45, 7) is 4.62. The Morgan fingerprint density at radius 3 is 2.77 bits per heavy atom. The number of aliphatic imine (C=N–C) groups is 1. The van der Waals surface area contributed by atoms with Gasteiger partial charge in [-0.25, -0.2) is 8.42 Å². The number of nitrogens with zero attached hydrogens (tertiary/aromatic N) is 1. The average Bonchev–Trinajstić information content (AvgIpc) is 2.90. The molecule has 0 fully saturated rings. The van der Waals surface area contributed by atoms with Gasteiger partial charge in [0.15, 0.2) is 5.11 Å². The van der Waals surface area contributed by atoms with Crippen LogP contribution in [0.5, 0.6) is 0 Å². The third-order valence-corrected chi connectivity index (χ3v) is 4.55. The quantitative estimate of drug-likeness (QED) is 0.729. The van der Waals surface area contributed by atoms with Gasteiger partial charge in [-0.3, -0.25) is 9.71 Å². The molecule has 0 unspecified atom stereocenters. The Morgan fingerprint density at radius 1 is 1.36 bits per heavy atom. The Kier molecular flexibility index (Phi) is 5.36. The van der Waals surface area contributed by atoms with E-state index in [1.807, 2.05) is 13.8 Å². The lowest BCUT2D eigenvalue weighted by atomic mass is 10.3. The lowest BCUT2D eigenvalue weighted by Gasteiger charge is -2.14. The number of sulfonamides is 1. The van der Waals surface area contributed by atoms with E-state index >= 15 is 0 Å². The van der Waals surface area contributed by atoms with Crippen LogP contribution in [0.3, 0.4) is 0 Å². The highest BCUT2D eigenvalue weighted by molar-refractivity contribution is 7.90. The Balaban J connectivity index is 2.11. The number of benzene rings is 1. The molecule has 8 heteroatoms. The smallest absolute Gasteiger partial charge is 0.262 e. The predicted molar refractivity (Wildman–Crippen MR) is 92.8 cm³/mol. The minimum Gasteiger partial charge on any atom is -0.360 e. The molecule has 6 nitrogen and oxygen atoms in total. The molecule has 1 heterocycles. The highest BCUT2D eigenvalue weighted by Crippen LogP contribution is 2.16. The third-order valence-electron chi connectivity index (χ3n) is 2.95. The van der Waals surface area contributed by atoms with Crippen LogP contribution < -0.4 is 15.4 Å². The van der Waals surface area contributed by atoms with Crippen LogP contribution in [0, 0.1) is 0 Å². The number of rotatable bonds is 4. The summed E-state index contributed by atoms with van der Waals surface area (Å²) < 4.78 is 27.2. The molecule has 0 aromatic heterocycles. The van der Waals surface area contributed by atoms with Crippen molar-refractivity contribution in [2.24, 2.45) is 4.99 Å². The number of thiocarbonyl (C=S) groups is 1. The van der Waals surface area contributed by atoms with Crippen molar-refractivity contribution in [3.63, 3.8) is 0 Å². The van der Waals surface area contributed by atoms with Gasteiger partial charge in [0.2, 0.25) is 0 Å². The number of anilines is 1. The normalized spacial score (nSPS) is 14.6. The highest BCUT2D eigenvalue weighted by Gasteiger charge is 2.18. The monoisotopic (exact) mass is 340 g/mol. The fraction of sp³-hybridized carbons (Fsp3) is 0.429. The molecule has 2 rings (SSSR count). The van der Waals surface area contributed by atoms with E-state index in [0.717, 1.165) is 6.42 Å². The second-order valence-electron chi connectivity index (χ2n) is 5.32. The van der Waals surface area contributed by atoms with Gasteiger partial charge < -0.3 is 10.6 Å². The van der Waals surface area contributed by atoms with Crippen molar-refractivity contribution >= 4 is 38.9 Å². The van der Waals surface area contributed by atoms with Crippen molar-refractivity contribution in [3.05, 3.63) is 24.3 Å². The van der Waals surface area contributed by atoms with Gasteiger partial charge in [-0.05, 0) is 50.7 Å². The summed E-state index contributed by atoms with van der Waals surface area (Å²) in [6.07, 6.45) is 1.55. The molecule has 3 N–H and O–H groups in total. The standard InChI is InChI=1S/C14H20N4O2S2/c1-10(2)16-14(21)17-11-5-3-6-12(9-11)22(19,20)18-13-7-4-8-15-13/h3,5-6,9-10H,4,7-8H2,1-2H3,(H,15,18)(H2,16,17,21). The van der Waals surface area contributed by atoms with Crippen LogP contribution in [0.1, 0.15) is 26.7 Å². The van der Waals surface area contributed by atoms with Gasteiger partial charge in [-0.2, -0.15) is 0 Å². The maximum Gasteiger partial charge on any atom is 0.262 e. The molecule has 0 radical (unpaired) electrons. The van der Waals surface area contributed by atoms with Crippen LogP contribution in [0.2, 0.25) is 0 Å². The molecule has 0 saturated carbocycles. The Morgan fingerprint density at radius 2 is 2.14 bits per heavy atom.